The van der Waals surface area contributed by atoms with Crippen molar-refractivity contribution in [1.29, 1.82) is 0 Å². The highest BCUT2D eigenvalue weighted by Crippen LogP contribution is 2.28. The molecule has 27 nitrogen and oxygen atoms in total. The molecule has 0 unspecified atom stereocenters. The number of anilines is 1. The maximum Gasteiger partial charge on any atom is 0.369 e. The largest absolute Gasteiger partial charge is 0.507 e. The van der Waals surface area contributed by atoms with Gasteiger partial charge in [-0.15, -0.1) is 47.3 Å². The molecular formula is C37H45BBr3N7O20S4. The summed E-state index contributed by atoms with van der Waals surface area (Å²) in [5, 5.41) is 45.8. The molecule has 72 heavy (non-hydrogen) atoms. The highest BCUT2D eigenvalue weighted by atomic mass is 79.9. The monoisotopic (exact) mass is 1280 g/mol. The number of phenolic OH excluding ortho intramolecular Hbond substituents is 3. The van der Waals surface area contributed by atoms with Crippen LogP contribution in [0, 0.1) is 0 Å². The van der Waals surface area contributed by atoms with E-state index in [1.165, 1.54) is 43.5 Å². The van der Waals surface area contributed by atoms with Crippen molar-refractivity contribution in [1.82, 2.24) is 21.3 Å². The number of aromatic hydroxyl groups is 3. The molecule has 0 atom stereocenters. The van der Waals surface area contributed by atoms with Gasteiger partial charge in [0.05, 0.1) is 63.7 Å². The Morgan fingerprint density at radius 3 is 1.17 bits per heavy atom. The minimum absolute atomic E-state index is 0.0536. The fourth-order valence-corrected chi connectivity index (χ4v) is 6.22. The molecule has 4 aromatic rings. The van der Waals surface area contributed by atoms with E-state index in [2.05, 4.69) is 78.8 Å². The van der Waals surface area contributed by atoms with Crippen LogP contribution in [0.1, 0.15) is 41.4 Å². The summed E-state index contributed by atoms with van der Waals surface area (Å²) in [6.45, 7) is -1.21. The SMILES string of the molecule is BrB(Br)Br.COc1ccc(N)cc1C(=O)NCCS(=O)(=O)O.O=C(NCCS(=O)(=O)O)c1cc(N=Nc2ccc(O)c(C(=O)NCCS(=O)(=O)O)c2)ccc1O.O=C(NCCS(=O)(=O)O)c1ccccc1O. The summed E-state index contributed by atoms with van der Waals surface area (Å²) >= 11 is 9.31. The van der Waals surface area contributed by atoms with Crippen LogP contribution in [0.4, 0.5) is 17.1 Å². The Labute approximate surface area is 437 Å². The molecule has 0 aliphatic heterocycles. The number of halogens is 3. The van der Waals surface area contributed by atoms with Crippen molar-refractivity contribution >= 4 is 132 Å². The first-order chi connectivity index (χ1) is 33.2. The van der Waals surface area contributed by atoms with E-state index in [0.717, 1.165) is 24.3 Å². The van der Waals surface area contributed by atoms with E-state index >= 15 is 0 Å². The molecule has 0 aliphatic rings. The second-order valence-electron chi connectivity index (χ2n) is 13.5. The molecule has 0 bridgehead atoms. The first-order valence-corrected chi connectivity index (χ1v) is 28.5. The van der Waals surface area contributed by atoms with Crippen LogP contribution in [-0.2, 0) is 40.5 Å². The van der Waals surface area contributed by atoms with Crippen molar-refractivity contribution in [2.24, 2.45) is 10.2 Å². The van der Waals surface area contributed by atoms with Gasteiger partial charge in [-0.25, -0.2) is 0 Å². The van der Waals surface area contributed by atoms with Gasteiger partial charge in [-0.3, -0.25) is 37.4 Å². The summed E-state index contributed by atoms with van der Waals surface area (Å²) in [5.74, 6) is -6.02. The van der Waals surface area contributed by atoms with Gasteiger partial charge in [-0.2, -0.15) is 43.9 Å². The molecule has 0 radical (unpaired) electrons. The first-order valence-electron chi connectivity index (χ1n) is 19.4. The number of benzene rings is 4. The Kier molecular flexibility index (Phi) is 27.3. The van der Waals surface area contributed by atoms with E-state index in [1.807, 2.05) is 0 Å². The number of amides is 4. The van der Waals surface area contributed by atoms with E-state index in [9.17, 15) is 68.2 Å². The van der Waals surface area contributed by atoms with Crippen molar-refractivity contribution in [3.05, 3.63) is 101 Å². The summed E-state index contributed by atoms with van der Waals surface area (Å²) in [5.41, 5.74) is 5.91. The highest BCUT2D eigenvalue weighted by Gasteiger charge is 2.17. The predicted molar refractivity (Wildman–Crippen MR) is 273 cm³/mol. The van der Waals surface area contributed by atoms with Crippen molar-refractivity contribution in [2.45, 2.75) is 0 Å². The summed E-state index contributed by atoms with van der Waals surface area (Å²) in [6, 6.07) is 17.7. The minimum Gasteiger partial charge on any atom is -0.507 e. The van der Waals surface area contributed by atoms with Gasteiger partial charge in [0.25, 0.3) is 64.1 Å². The second-order valence-corrected chi connectivity index (χ2v) is 26.2. The van der Waals surface area contributed by atoms with Crippen LogP contribution in [0.5, 0.6) is 23.0 Å². The van der Waals surface area contributed by atoms with Crippen molar-refractivity contribution in [3.63, 3.8) is 0 Å². The zero-order chi connectivity index (χ0) is 55.0. The number of nitrogens with one attached hydrogen (secondary N) is 4. The normalized spacial score (nSPS) is 11.2. The third-order valence-corrected chi connectivity index (χ3v) is 10.8. The fourth-order valence-electron chi connectivity index (χ4n) is 4.78. The quantitative estimate of drug-likeness (QED) is 0.0278. The number of nitrogen functional groups attached to an aromatic ring is 1. The highest BCUT2D eigenvalue weighted by molar-refractivity contribution is 9.69. The molecule has 0 aromatic heterocycles. The lowest BCUT2D eigenvalue weighted by atomic mass is 10.1. The summed E-state index contributed by atoms with van der Waals surface area (Å²) in [7, 11) is -15.3. The van der Waals surface area contributed by atoms with Crippen LogP contribution in [0.25, 0.3) is 0 Å². The molecule has 35 heteroatoms. The molecule has 4 rings (SSSR count). The third kappa shape index (κ3) is 28.5. The lowest BCUT2D eigenvalue weighted by Gasteiger charge is -2.09. The maximum absolute atomic E-state index is 12.1. The average Bonchev–Trinajstić information content (AvgIpc) is 3.25. The van der Waals surface area contributed by atoms with E-state index in [0.29, 0.717) is 11.4 Å². The molecule has 0 aliphatic carbocycles. The zero-order valence-electron chi connectivity index (χ0n) is 36.9. The maximum atomic E-state index is 12.1. The van der Waals surface area contributed by atoms with Gasteiger partial charge in [-0.1, -0.05) is 12.1 Å². The molecule has 0 saturated heterocycles. The molecule has 396 valence electrons. The summed E-state index contributed by atoms with van der Waals surface area (Å²) in [4.78, 5) is 47.4. The Bertz CT molecular complexity index is 2910. The Morgan fingerprint density at radius 2 is 0.833 bits per heavy atom. The van der Waals surface area contributed by atoms with Gasteiger partial charge in [0, 0.05) is 31.9 Å². The number of phenols is 3. The van der Waals surface area contributed by atoms with Gasteiger partial charge in [-0.05, 0) is 66.7 Å². The number of hydrogen-bond acceptors (Lipinski definition) is 19. The van der Waals surface area contributed by atoms with Gasteiger partial charge < -0.3 is 47.1 Å². The van der Waals surface area contributed by atoms with Crippen molar-refractivity contribution < 1.29 is 91.1 Å². The first kappa shape index (κ1) is 64.5. The van der Waals surface area contributed by atoms with Crippen LogP contribution in [0.15, 0.2) is 89.1 Å². The molecule has 0 fully saturated rings. The predicted octanol–water partition coefficient (Wildman–Crippen LogP) is 2.81. The van der Waals surface area contributed by atoms with E-state index in [-0.39, 0.29) is 55.7 Å². The number of azo groups is 1. The molecule has 0 spiro atoms. The van der Waals surface area contributed by atoms with Gasteiger partial charge in [0.2, 0.25) is 0 Å². The van der Waals surface area contributed by atoms with Crippen molar-refractivity contribution in [2.75, 3.05) is 62.0 Å². The van der Waals surface area contributed by atoms with E-state index in [4.69, 9.17) is 28.7 Å². The lowest BCUT2D eigenvalue weighted by molar-refractivity contribution is 0.0944. The van der Waals surface area contributed by atoms with Crippen LogP contribution in [-0.4, -0.2) is 150 Å². The van der Waals surface area contributed by atoms with Gasteiger partial charge in [0.15, 0.2) is 0 Å². The molecular weight excluding hydrogens is 1240 g/mol. The molecule has 0 saturated carbocycles. The number of hydrogen-bond donors (Lipinski definition) is 12. The Hall–Kier alpha value is -5.50. The molecule has 4 aromatic carbocycles. The third-order valence-electron chi connectivity index (χ3n) is 7.93. The minimum atomic E-state index is -4.28. The number of carbonyl (C=O) groups is 4. The smallest absolute Gasteiger partial charge is 0.369 e. The Balaban J connectivity index is 0.000000570. The number of methoxy groups -OCH3 is 1. The number of carbonyl (C=O) groups excluding carboxylic acids is 4. The summed E-state index contributed by atoms with van der Waals surface area (Å²) in [6.07, 6.45) is 0. The number of nitrogens with two attached hydrogens (primary N) is 1. The van der Waals surface area contributed by atoms with Crippen LogP contribution >= 0.6 is 47.3 Å². The number of rotatable bonds is 19. The number of nitrogens with zero attached hydrogens (tertiary/aromatic N) is 2. The Morgan fingerprint density at radius 1 is 0.514 bits per heavy atom. The van der Waals surface area contributed by atoms with Crippen LogP contribution in [0.2, 0.25) is 0 Å². The van der Waals surface area contributed by atoms with Crippen molar-refractivity contribution in [3.8, 4) is 23.0 Å². The zero-order valence-corrected chi connectivity index (χ0v) is 44.9. The molecule has 13 N–H and O–H groups in total. The fraction of sp³-hybridized carbons (Fsp3) is 0.243. The second kappa shape index (κ2) is 30.5. The van der Waals surface area contributed by atoms with Gasteiger partial charge in [0.1, 0.15) is 23.0 Å². The van der Waals surface area contributed by atoms with E-state index in [1.54, 1.807) is 18.2 Å². The average molecular weight is 1290 g/mol. The van der Waals surface area contributed by atoms with Gasteiger partial charge >= 0.3 is 3.18 Å². The van der Waals surface area contributed by atoms with Crippen LogP contribution < -0.4 is 31.7 Å². The molecule has 4 amide bonds. The number of ether oxygens (including phenoxy) is 1. The lowest BCUT2D eigenvalue weighted by Crippen LogP contribution is -2.29. The summed E-state index contributed by atoms with van der Waals surface area (Å²) < 4.78 is 124. The topological polar surface area (TPSA) is 455 Å². The van der Waals surface area contributed by atoms with E-state index < -0.39 is 112 Å². The molecule has 0 heterocycles. The van der Waals surface area contributed by atoms with Crippen LogP contribution in [0.3, 0.4) is 0 Å². The standard InChI is InChI=1S/C18H20N4O10S2.C10H14N2O5S.C9H11NO5S.BBr3/c23-15-3-1-11(9-13(15)17(25)19-5-7-33(27,28)29)21-22-12-2-4-16(24)14(10-12)18(26)20-6-8-34(30,31)32;1-17-9-3-2-7(11)6-8(9)10(13)12-4-5-18(14,15)16;11-8-4-2-1-3-7(8)9(12)10-5-6-16(13,14)15;2-1(3)4/h1-4,9-10,23-24H,5-8H2,(H,19,25)(H,20,26)(H,27,28,29)(H,30,31,32);2-3,6H,4-5,11H2,1H3,(H,12,13)(H,14,15,16);1-4,11H,5-6H2,(H,10,12)(H,13,14,15);. The number of para-hydroxylation sites is 1.